The molecule has 0 saturated carbocycles. The summed E-state index contributed by atoms with van der Waals surface area (Å²) in [6, 6.07) is 6.02. The van der Waals surface area contributed by atoms with Crippen molar-refractivity contribution in [3.63, 3.8) is 0 Å². The predicted molar refractivity (Wildman–Crippen MR) is 79.7 cm³/mol. The topological polar surface area (TPSA) is 50.8 Å². The van der Waals surface area contributed by atoms with Crippen molar-refractivity contribution in [3.8, 4) is 11.5 Å². The van der Waals surface area contributed by atoms with Crippen molar-refractivity contribution in [1.82, 2.24) is 10.2 Å². The van der Waals surface area contributed by atoms with Gasteiger partial charge in [-0.15, -0.1) is 0 Å². The normalized spacial score (nSPS) is 25.0. The van der Waals surface area contributed by atoms with Crippen molar-refractivity contribution in [3.05, 3.63) is 23.8 Å². The first-order valence-electron chi connectivity index (χ1n) is 7.50. The van der Waals surface area contributed by atoms with E-state index >= 15 is 0 Å². The average Bonchev–Trinajstić information content (AvgIpc) is 2.53. The van der Waals surface area contributed by atoms with E-state index in [4.69, 9.17) is 9.47 Å². The molecule has 1 aromatic carbocycles. The Kier molecular flexibility index (Phi) is 4.01. The molecule has 5 nitrogen and oxygen atoms in total. The van der Waals surface area contributed by atoms with Crippen LogP contribution in [-0.2, 0) is 11.2 Å². The molecule has 0 aromatic heterocycles. The van der Waals surface area contributed by atoms with Crippen molar-refractivity contribution < 1.29 is 14.3 Å². The van der Waals surface area contributed by atoms with Gasteiger partial charge in [-0.3, -0.25) is 4.79 Å². The number of nitrogens with zero attached hydrogens (tertiary/aromatic N) is 1. The Balaban J connectivity index is 1.74. The number of piperazine rings is 1. The van der Waals surface area contributed by atoms with E-state index < -0.39 is 0 Å². The number of amides is 1. The maximum atomic E-state index is 12.7. The highest BCUT2D eigenvalue weighted by molar-refractivity contribution is 5.80. The molecule has 1 N–H and O–H groups in total. The van der Waals surface area contributed by atoms with Crippen LogP contribution in [0.5, 0.6) is 11.5 Å². The summed E-state index contributed by atoms with van der Waals surface area (Å²) in [5.74, 6) is 1.79. The van der Waals surface area contributed by atoms with Gasteiger partial charge >= 0.3 is 0 Å². The fourth-order valence-corrected chi connectivity index (χ4v) is 3.06. The number of methoxy groups -OCH3 is 1. The maximum Gasteiger partial charge on any atom is 0.229 e. The zero-order valence-electron chi connectivity index (χ0n) is 12.6. The number of hydrogen-bond donors (Lipinski definition) is 1. The fraction of sp³-hybridized carbons (Fsp3) is 0.562. The summed E-state index contributed by atoms with van der Waals surface area (Å²) < 4.78 is 11.0. The van der Waals surface area contributed by atoms with Crippen LogP contribution in [0.15, 0.2) is 18.2 Å². The van der Waals surface area contributed by atoms with Crippen LogP contribution in [-0.4, -0.2) is 50.2 Å². The van der Waals surface area contributed by atoms with Crippen LogP contribution >= 0.6 is 0 Å². The van der Waals surface area contributed by atoms with Crippen molar-refractivity contribution >= 4 is 5.91 Å². The second-order valence-corrected chi connectivity index (χ2v) is 5.77. The monoisotopic (exact) mass is 290 g/mol. The van der Waals surface area contributed by atoms with E-state index in [0.29, 0.717) is 6.61 Å². The van der Waals surface area contributed by atoms with E-state index in [1.165, 1.54) is 0 Å². The Hall–Kier alpha value is -1.75. The molecule has 5 heteroatoms. The molecule has 1 unspecified atom stereocenters. The van der Waals surface area contributed by atoms with E-state index in [9.17, 15) is 4.79 Å². The number of rotatable bonds is 2. The summed E-state index contributed by atoms with van der Waals surface area (Å²) in [7, 11) is 1.65. The van der Waals surface area contributed by atoms with E-state index in [0.717, 1.165) is 43.1 Å². The third kappa shape index (κ3) is 2.83. The molecule has 21 heavy (non-hydrogen) atoms. The lowest BCUT2D eigenvalue weighted by Crippen LogP contribution is -2.54. The van der Waals surface area contributed by atoms with E-state index in [2.05, 4.69) is 12.2 Å². The second kappa shape index (κ2) is 5.93. The number of ether oxygens (including phenoxy) is 2. The molecule has 114 valence electrons. The highest BCUT2D eigenvalue weighted by atomic mass is 16.5. The van der Waals surface area contributed by atoms with E-state index in [-0.39, 0.29) is 17.9 Å². The molecule has 0 aliphatic carbocycles. The average molecular weight is 290 g/mol. The van der Waals surface area contributed by atoms with Gasteiger partial charge in [0.1, 0.15) is 18.1 Å². The molecule has 0 radical (unpaired) electrons. The minimum absolute atomic E-state index is 0.0924. The van der Waals surface area contributed by atoms with Gasteiger partial charge in [0, 0.05) is 25.7 Å². The minimum atomic E-state index is -0.0924. The Morgan fingerprint density at radius 3 is 3.10 bits per heavy atom. The van der Waals surface area contributed by atoms with Crippen molar-refractivity contribution in [2.75, 3.05) is 33.4 Å². The molecule has 0 bridgehead atoms. The van der Waals surface area contributed by atoms with Crippen LogP contribution in [0.1, 0.15) is 12.5 Å². The van der Waals surface area contributed by atoms with Crippen LogP contribution in [0.4, 0.5) is 0 Å². The van der Waals surface area contributed by atoms with Gasteiger partial charge in [-0.2, -0.15) is 0 Å². The number of hydrogen-bond acceptors (Lipinski definition) is 4. The lowest BCUT2D eigenvalue weighted by molar-refractivity contribution is -0.139. The highest BCUT2D eigenvalue weighted by Gasteiger charge is 2.32. The van der Waals surface area contributed by atoms with Crippen molar-refractivity contribution in [2.24, 2.45) is 5.92 Å². The van der Waals surface area contributed by atoms with Crippen LogP contribution < -0.4 is 14.8 Å². The first-order valence-corrected chi connectivity index (χ1v) is 7.50. The van der Waals surface area contributed by atoms with Gasteiger partial charge in [0.2, 0.25) is 5.91 Å². The molecule has 2 aliphatic rings. The van der Waals surface area contributed by atoms with Crippen LogP contribution in [0.3, 0.4) is 0 Å². The molecule has 1 aromatic rings. The van der Waals surface area contributed by atoms with E-state index in [1.54, 1.807) is 7.11 Å². The summed E-state index contributed by atoms with van der Waals surface area (Å²) in [5.41, 5.74) is 1.06. The predicted octanol–water partition coefficient (Wildman–Crippen LogP) is 1.07. The van der Waals surface area contributed by atoms with Gasteiger partial charge in [0.15, 0.2) is 0 Å². The van der Waals surface area contributed by atoms with Gasteiger partial charge in [-0.1, -0.05) is 0 Å². The Bertz CT molecular complexity index is 532. The van der Waals surface area contributed by atoms with Gasteiger partial charge < -0.3 is 19.7 Å². The lowest BCUT2D eigenvalue weighted by Gasteiger charge is -2.37. The number of carbonyl (C=O) groups is 1. The van der Waals surface area contributed by atoms with E-state index in [1.807, 2.05) is 23.1 Å². The van der Waals surface area contributed by atoms with Crippen molar-refractivity contribution in [2.45, 2.75) is 19.4 Å². The second-order valence-electron chi connectivity index (χ2n) is 5.77. The molecule has 1 fully saturated rings. The van der Waals surface area contributed by atoms with Crippen LogP contribution in [0.25, 0.3) is 0 Å². The number of fused-ring (bicyclic) bond motifs is 1. The summed E-state index contributed by atoms with van der Waals surface area (Å²) in [5, 5.41) is 3.31. The SMILES string of the molecule is COc1ccc2c(c1)CC(C(=O)N1CCNC[C@@H]1C)CO2. The number of carbonyl (C=O) groups excluding carboxylic acids is 1. The van der Waals surface area contributed by atoms with Crippen LogP contribution in [0.2, 0.25) is 0 Å². The zero-order valence-corrected chi connectivity index (χ0v) is 12.6. The zero-order chi connectivity index (χ0) is 14.8. The molecular weight excluding hydrogens is 268 g/mol. The molecule has 2 heterocycles. The van der Waals surface area contributed by atoms with Crippen LogP contribution in [0, 0.1) is 5.92 Å². The lowest BCUT2D eigenvalue weighted by atomic mass is 9.94. The minimum Gasteiger partial charge on any atom is -0.497 e. The highest BCUT2D eigenvalue weighted by Crippen LogP contribution is 2.31. The smallest absolute Gasteiger partial charge is 0.229 e. The maximum absolute atomic E-state index is 12.7. The summed E-state index contributed by atoms with van der Waals surface area (Å²) in [6.45, 7) is 5.07. The standard InChI is InChI=1S/C16H22N2O3/c1-11-9-17-5-6-18(11)16(19)13-7-12-8-14(20-2)3-4-15(12)21-10-13/h3-4,8,11,13,17H,5-7,9-10H2,1-2H3/t11-,13?/m0/s1. The van der Waals surface area contributed by atoms with Gasteiger partial charge in [-0.05, 0) is 37.1 Å². The molecular formula is C16H22N2O3. The van der Waals surface area contributed by atoms with Gasteiger partial charge in [0.25, 0.3) is 0 Å². The summed E-state index contributed by atoms with van der Waals surface area (Å²) >= 11 is 0. The quantitative estimate of drug-likeness (QED) is 0.885. The Labute approximate surface area is 125 Å². The van der Waals surface area contributed by atoms with Gasteiger partial charge in [0.05, 0.1) is 13.0 Å². The van der Waals surface area contributed by atoms with Crippen molar-refractivity contribution in [1.29, 1.82) is 0 Å². The summed E-state index contributed by atoms with van der Waals surface area (Å²) in [4.78, 5) is 14.7. The van der Waals surface area contributed by atoms with Gasteiger partial charge in [-0.25, -0.2) is 0 Å². The largest absolute Gasteiger partial charge is 0.497 e. The molecule has 2 aliphatic heterocycles. The molecule has 1 amide bonds. The Morgan fingerprint density at radius 2 is 2.33 bits per heavy atom. The third-order valence-corrected chi connectivity index (χ3v) is 4.31. The molecule has 3 rings (SSSR count). The number of benzene rings is 1. The third-order valence-electron chi connectivity index (χ3n) is 4.31. The summed E-state index contributed by atoms with van der Waals surface area (Å²) in [6.07, 6.45) is 0.724. The molecule has 1 saturated heterocycles. The number of nitrogens with one attached hydrogen (secondary N) is 1. The fourth-order valence-electron chi connectivity index (χ4n) is 3.06. The Morgan fingerprint density at radius 1 is 1.48 bits per heavy atom. The first kappa shape index (κ1) is 14.2. The first-order chi connectivity index (χ1) is 10.2. The molecule has 2 atom stereocenters. The molecule has 0 spiro atoms.